The van der Waals surface area contributed by atoms with Crippen LogP contribution in [0, 0.1) is 0 Å². The van der Waals surface area contributed by atoms with Crippen LogP contribution in [-0.2, 0) is 6.18 Å². The predicted molar refractivity (Wildman–Crippen MR) is 66.1 cm³/mol. The number of piperidine rings is 1. The maximum absolute atomic E-state index is 12.4. The van der Waals surface area contributed by atoms with E-state index in [0.717, 1.165) is 30.7 Å². The summed E-state index contributed by atoms with van der Waals surface area (Å²) in [7, 11) is 0. The summed E-state index contributed by atoms with van der Waals surface area (Å²) in [5.74, 6) is 0. The Bertz CT molecular complexity index is 400. The van der Waals surface area contributed by atoms with Crippen LogP contribution in [0.5, 0.6) is 0 Å². The van der Waals surface area contributed by atoms with Crippen LogP contribution >= 0.6 is 0 Å². The van der Waals surface area contributed by atoms with E-state index in [4.69, 9.17) is 0 Å². The second kappa shape index (κ2) is 5.57. The minimum atomic E-state index is -4.26. The van der Waals surface area contributed by atoms with Crippen molar-refractivity contribution in [1.82, 2.24) is 5.32 Å². The van der Waals surface area contributed by atoms with E-state index in [1.807, 2.05) is 12.2 Å². The predicted octanol–water partition coefficient (Wildman–Crippen LogP) is 3.86. The van der Waals surface area contributed by atoms with Crippen LogP contribution in [0.25, 0.3) is 6.08 Å². The maximum Gasteiger partial charge on any atom is 0.416 e. The van der Waals surface area contributed by atoms with E-state index in [-0.39, 0.29) is 0 Å². The molecule has 0 bridgehead atoms. The van der Waals surface area contributed by atoms with Gasteiger partial charge in [0.05, 0.1) is 5.56 Å². The zero-order valence-electron chi connectivity index (χ0n) is 10.0. The van der Waals surface area contributed by atoms with Gasteiger partial charge in [0.25, 0.3) is 0 Å². The number of halogens is 3. The van der Waals surface area contributed by atoms with Crippen molar-refractivity contribution in [2.24, 2.45) is 0 Å². The number of hydrogen-bond donors (Lipinski definition) is 1. The zero-order chi connectivity index (χ0) is 13.0. The molecule has 1 aliphatic rings. The van der Waals surface area contributed by atoms with Gasteiger partial charge in [-0.25, -0.2) is 0 Å². The van der Waals surface area contributed by atoms with E-state index >= 15 is 0 Å². The summed E-state index contributed by atoms with van der Waals surface area (Å²) in [6.07, 6.45) is 3.15. The Balaban J connectivity index is 1.99. The molecule has 1 aromatic rings. The van der Waals surface area contributed by atoms with Crippen LogP contribution in [0.15, 0.2) is 30.3 Å². The highest BCUT2D eigenvalue weighted by Gasteiger charge is 2.29. The Kier molecular flexibility index (Phi) is 4.07. The van der Waals surface area contributed by atoms with Crippen molar-refractivity contribution in [3.63, 3.8) is 0 Å². The first-order valence-electron chi connectivity index (χ1n) is 6.14. The van der Waals surface area contributed by atoms with Gasteiger partial charge in [-0.2, -0.15) is 13.2 Å². The van der Waals surface area contributed by atoms with E-state index in [2.05, 4.69) is 5.32 Å². The largest absolute Gasteiger partial charge is 0.416 e. The lowest BCUT2D eigenvalue weighted by atomic mass is 10.0. The molecule has 1 N–H and O–H groups in total. The van der Waals surface area contributed by atoms with Crippen molar-refractivity contribution < 1.29 is 13.2 Å². The highest BCUT2D eigenvalue weighted by molar-refractivity contribution is 5.50. The molecule has 1 atom stereocenters. The molecule has 0 spiro atoms. The molecule has 1 aliphatic heterocycles. The number of benzene rings is 1. The molecule has 1 saturated heterocycles. The fraction of sp³-hybridized carbons (Fsp3) is 0.429. The minimum absolute atomic E-state index is 0.348. The second-order valence-corrected chi connectivity index (χ2v) is 4.54. The Labute approximate surface area is 105 Å². The quantitative estimate of drug-likeness (QED) is 0.846. The third-order valence-corrected chi connectivity index (χ3v) is 3.11. The normalized spacial score (nSPS) is 21.4. The first-order chi connectivity index (χ1) is 8.55. The highest BCUT2D eigenvalue weighted by atomic mass is 19.4. The molecule has 0 aromatic heterocycles. The van der Waals surface area contributed by atoms with Crippen LogP contribution in [0.2, 0.25) is 0 Å². The third kappa shape index (κ3) is 3.60. The van der Waals surface area contributed by atoms with E-state index in [1.165, 1.54) is 25.0 Å². The van der Waals surface area contributed by atoms with Gasteiger partial charge in [0, 0.05) is 6.04 Å². The fourth-order valence-corrected chi connectivity index (χ4v) is 2.05. The van der Waals surface area contributed by atoms with E-state index < -0.39 is 11.7 Å². The van der Waals surface area contributed by atoms with Gasteiger partial charge in [-0.1, -0.05) is 30.7 Å². The molecule has 98 valence electrons. The van der Waals surface area contributed by atoms with Crippen LogP contribution in [0.4, 0.5) is 13.2 Å². The van der Waals surface area contributed by atoms with Crippen molar-refractivity contribution in [3.05, 3.63) is 41.5 Å². The molecule has 1 heterocycles. The molecule has 1 aromatic carbocycles. The molecular formula is C14H16F3N. The molecule has 2 rings (SSSR count). The summed E-state index contributed by atoms with van der Waals surface area (Å²) in [4.78, 5) is 0. The number of hydrogen-bond acceptors (Lipinski definition) is 1. The lowest BCUT2D eigenvalue weighted by Gasteiger charge is -2.20. The summed E-state index contributed by atoms with van der Waals surface area (Å²) >= 11 is 0. The molecule has 0 radical (unpaired) electrons. The van der Waals surface area contributed by atoms with Crippen LogP contribution < -0.4 is 5.32 Å². The second-order valence-electron chi connectivity index (χ2n) is 4.54. The van der Waals surface area contributed by atoms with Crippen molar-refractivity contribution in [2.45, 2.75) is 31.5 Å². The smallest absolute Gasteiger partial charge is 0.311 e. The summed E-state index contributed by atoms with van der Waals surface area (Å²) in [6.45, 7) is 1.02. The van der Waals surface area contributed by atoms with Crippen molar-refractivity contribution in [3.8, 4) is 0 Å². The molecule has 0 aliphatic carbocycles. The first-order valence-corrected chi connectivity index (χ1v) is 6.14. The zero-order valence-corrected chi connectivity index (χ0v) is 10.0. The third-order valence-electron chi connectivity index (χ3n) is 3.11. The number of alkyl halides is 3. The lowest BCUT2D eigenvalue weighted by Crippen LogP contribution is -2.31. The van der Waals surface area contributed by atoms with Gasteiger partial charge >= 0.3 is 6.18 Å². The Morgan fingerprint density at radius 3 is 2.39 bits per heavy atom. The summed E-state index contributed by atoms with van der Waals surface area (Å²) in [5, 5.41) is 3.36. The van der Waals surface area contributed by atoms with Gasteiger partial charge in [0.2, 0.25) is 0 Å². The van der Waals surface area contributed by atoms with E-state index in [0.29, 0.717) is 6.04 Å². The average molecular weight is 255 g/mol. The molecule has 0 unspecified atom stereocenters. The SMILES string of the molecule is FC(F)(F)c1ccc(/C=C/[C@@H]2CCCCN2)cc1. The van der Waals surface area contributed by atoms with Gasteiger partial charge in [0.1, 0.15) is 0 Å². The topological polar surface area (TPSA) is 12.0 Å². The minimum Gasteiger partial charge on any atom is -0.311 e. The van der Waals surface area contributed by atoms with Crippen molar-refractivity contribution >= 4 is 6.08 Å². The molecule has 0 saturated carbocycles. The van der Waals surface area contributed by atoms with Gasteiger partial charge in [-0.15, -0.1) is 0 Å². The van der Waals surface area contributed by atoms with Gasteiger partial charge in [-0.3, -0.25) is 0 Å². The van der Waals surface area contributed by atoms with Crippen molar-refractivity contribution in [2.75, 3.05) is 6.54 Å². The highest BCUT2D eigenvalue weighted by Crippen LogP contribution is 2.29. The average Bonchev–Trinajstić information content (AvgIpc) is 2.37. The molecule has 1 nitrogen and oxygen atoms in total. The first kappa shape index (κ1) is 13.1. The van der Waals surface area contributed by atoms with Gasteiger partial charge < -0.3 is 5.32 Å². The van der Waals surface area contributed by atoms with Crippen LogP contribution in [0.3, 0.4) is 0 Å². The maximum atomic E-state index is 12.4. The summed E-state index contributed by atoms with van der Waals surface area (Å²) in [5.41, 5.74) is 0.200. The Hall–Kier alpha value is -1.29. The summed E-state index contributed by atoms with van der Waals surface area (Å²) in [6, 6.07) is 5.59. The number of rotatable bonds is 2. The molecular weight excluding hydrogens is 239 g/mol. The monoisotopic (exact) mass is 255 g/mol. The van der Waals surface area contributed by atoms with Crippen LogP contribution in [-0.4, -0.2) is 12.6 Å². The Morgan fingerprint density at radius 2 is 1.83 bits per heavy atom. The molecule has 0 amide bonds. The van der Waals surface area contributed by atoms with Crippen molar-refractivity contribution in [1.29, 1.82) is 0 Å². The molecule has 18 heavy (non-hydrogen) atoms. The van der Waals surface area contributed by atoms with Crippen LogP contribution in [0.1, 0.15) is 30.4 Å². The molecule has 1 fully saturated rings. The van der Waals surface area contributed by atoms with E-state index in [9.17, 15) is 13.2 Å². The van der Waals surface area contributed by atoms with Gasteiger partial charge in [0.15, 0.2) is 0 Å². The number of nitrogens with one attached hydrogen (secondary N) is 1. The standard InChI is InChI=1S/C14H16F3N/c15-14(16,17)12-7-4-11(5-8-12)6-9-13-3-1-2-10-18-13/h4-9,13,18H,1-3,10H2/b9-6+/t13-/m0/s1. The van der Waals surface area contributed by atoms with Gasteiger partial charge in [-0.05, 0) is 37.1 Å². The van der Waals surface area contributed by atoms with E-state index in [1.54, 1.807) is 0 Å². The fourth-order valence-electron chi connectivity index (χ4n) is 2.05. The Morgan fingerprint density at radius 1 is 1.11 bits per heavy atom. The lowest BCUT2D eigenvalue weighted by molar-refractivity contribution is -0.137. The summed E-state index contributed by atoms with van der Waals surface area (Å²) < 4.78 is 37.1. The molecule has 4 heteroatoms.